The first-order valence-corrected chi connectivity index (χ1v) is 9.43. The maximum absolute atomic E-state index is 12.2. The summed E-state index contributed by atoms with van der Waals surface area (Å²) in [6, 6.07) is 8.22. The molecule has 1 unspecified atom stereocenters. The van der Waals surface area contributed by atoms with E-state index < -0.39 is 0 Å². The first kappa shape index (κ1) is 19.3. The van der Waals surface area contributed by atoms with Gasteiger partial charge in [0.25, 0.3) is 0 Å². The molecule has 1 saturated heterocycles. The first-order chi connectivity index (χ1) is 12.0. The fourth-order valence-electron chi connectivity index (χ4n) is 3.26. The Balaban J connectivity index is 1.84. The normalized spacial score (nSPS) is 15.6. The molecule has 1 N–H and O–H groups in total. The molecule has 0 aromatic heterocycles. The highest BCUT2D eigenvalue weighted by molar-refractivity contribution is 5.91. The molecule has 0 aliphatic carbocycles. The molecule has 5 heteroatoms. The van der Waals surface area contributed by atoms with Crippen molar-refractivity contribution >= 4 is 23.2 Å². The van der Waals surface area contributed by atoms with Crippen molar-refractivity contribution in [2.24, 2.45) is 0 Å². The molecule has 1 aliphatic heterocycles. The van der Waals surface area contributed by atoms with Crippen LogP contribution >= 0.6 is 0 Å². The van der Waals surface area contributed by atoms with Crippen LogP contribution in [-0.4, -0.2) is 42.4 Å². The average Bonchev–Trinajstić information content (AvgIpc) is 2.62. The molecule has 2 rings (SSSR count). The average molecular weight is 345 g/mol. The van der Waals surface area contributed by atoms with E-state index in [1.54, 1.807) is 11.8 Å². The van der Waals surface area contributed by atoms with Gasteiger partial charge in [-0.05, 0) is 56.9 Å². The third-order valence-electron chi connectivity index (χ3n) is 4.98. The summed E-state index contributed by atoms with van der Waals surface area (Å²) in [5.41, 5.74) is 2.03. The lowest BCUT2D eigenvalue weighted by molar-refractivity contribution is -0.131. The largest absolute Gasteiger partial charge is 0.372 e. The van der Waals surface area contributed by atoms with Gasteiger partial charge in [-0.15, -0.1) is 0 Å². The number of carbonyl (C=O) groups is 2. The van der Waals surface area contributed by atoms with E-state index in [4.69, 9.17) is 0 Å². The monoisotopic (exact) mass is 345 g/mol. The molecule has 1 aromatic carbocycles. The van der Waals surface area contributed by atoms with E-state index in [2.05, 4.69) is 22.3 Å². The second-order valence-corrected chi connectivity index (χ2v) is 6.86. The van der Waals surface area contributed by atoms with Gasteiger partial charge in [0.2, 0.25) is 11.8 Å². The molecule has 1 fully saturated rings. The van der Waals surface area contributed by atoms with Crippen LogP contribution in [0.2, 0.25) is 0 Å². The Morgan fingerprint density at radius 3 is 2.36 bits per heavy atom. The lowest BCUT2D eigenvalue weighted by Crippen LogP contribution is -2.38. The number of hydrogen-bond acceptors (Lipinski definition) is 3. The Bertz CT molecular complexity index is 565. The summed E-state index contributed by atoms with van der Waals surface area (Å²) >= 11 is 0. The Morgan fingerprint density at radius 1 is 1.16 bits per heavy atom. The molecular weight excluding hydrogens is 314 g/mol. The van der Waals surface area contributed by atoms with Crippen LogP contribution in [0.1, 0.15) is 52.9 Å². The van der Waals surface area contributed by atoms with Gasteiger partial charge in [-0.2, -0.15) is 0 Å². The Hall–Kier alpha value is -2.04. The summed E-state index contributed by atoms with van der Waals surface area (Å²) in [5, 5.41) is 2.93. The van der Waals surface area contributed by atoms with E-state index in [1.165, 1.54) is 24.9 Å². The van der Waals surface area contributed by atoms with Crippen LogP contribution < -0.4 is 10.2 Å². The third-order valence-corrected chi connectivity index (χ3v) is 4.98. The summed E-state index contributed by atoms with van der Waals surface area (Å²) in [7, 11) is 0. The van der Waals surface area contributed by atoms with Gasteiger partial charge in [0.1, 0.15) is 0 Å². The summed E-state index contributed by atoms with van der Waals surface area (Å²) in [5.74, 6) is -0.0340. The van der Waals surface area contributed by atoms with Crippen molar-refractivity contribution in [1.29, 1.82) is 0 Å². The summed E-state index contributed by atoms with van der Waals surface area (Å²) < 4.78 is 0. The first-order valence-electron chi connectivity index (χ1n) is 9.43. The lowest BCUT2D eigenvalue weighted by Gasteiger charge is -2.29. The highest BCUT2D eigenvalue weighted by Crippen LogP contribution is 2.21. The summed E-state index contributed by atoms with van der Waals surface area (Å²) in [4.78, 5) is 28.0. The zero-order valence-corrected chi connectivity index (χ0v) is 15.8. The Kier molecular flexibility index (Phi) is 7.29. The van der Waals surface area contributed by atoms with Crippen LogP contribution in [0.25, 0.3) is 0 Å². The molecule has 25 heavy (non-hydrogen) atoms. The highest BCUT2D eigenvalue weighted by atomic mass is 16.2. The van der Waals surface area contributed by atoms with E-state index in [0.717, 1.165) is 25.2 Å². The SMILES string of the molecule is CCC(C)N(CCC(=O)Nc1ccc(N2CCCCC2)cc1)C(C)=O. The highest BCUT2D eigenvalue weighted by Gasteiger charge is 2.16. The van der Waals surface area contributed by atoms with E-state index in [9.17, 15) is 9.59 Å². The second kappa shape index (κ2) is 9.44. The van der Waals surface area contributed by atoms with Crippen molar-refractivity contribution in [1.82, 2.24) is 4.90 Å². The number of anilines is 2. The van der Waals surface area contributed by atoms with Gasteiger partial charge in [-0.3, -0.25) is 9.59 Å². The molecule has 1 heterocycles. The minimum atomic E-state index is -0.0553. The van der Waals surface area contributed by atoms with Crippen molar-refractivity contribution in [2.75, 3.05) is 29.9 Å². The number of carbonyl (C=O) groups excluding carboxylic acids is 2. The number of nitrogens with zero attached hydrogens (tertiary/aromatic N) is 2. The van der Waals surface area contributed by atoms with E-state index >= 15 is 0 Å². The third kappa shape index (κ3) is 5.76. The predicted octanol–water partition coefficient (Wildman–Crippen LogP) is 3.65. The Labute approximate surface area is 151 Å². The molecule has 0 saturated carbocycles. The Morgan fingerprint density at radius 2 is 1.80 bits per heavy atom. The minimum Gasteiger partial charge on any atom is -0.372 e. The summed E-state index contributed by atoms with van der Waals surface area (Å²) in [6.07, 6.45) is 5.03. The zero-order chi connectivity index (χ0) is 18.2. The van der Waals surface area contributed by atoms with Gasteiger partial charge in [0, 0.05) is 50.4 Å². The minimum absolute atomic E-state index is 0.0213. The molecule has 1 aromatic rings. The van der Waals surface area contributed by atoms with Crippen LogP contribution in [0.4, 0.5) is 11.4 Å². The van der Waals surface area contributed by atoms with E-state index in [1.807, 2.05) is 26.0 Å². The predicted molar refractivity (Wildman–Crippen MR) is 103 cm³/mol. The van der Waals surface area contributed by atoms with Crippen molar-refractivity contribution in [3.05, 3.63) is 24.3 Å². The fourth-order valence-corrected chi connectivity index (χ4v) is 3.26. The molecule has 0 bridgehead atoms. The number of hydrogen-bond donors (Lipinski definition) is 1. The van der Waals surface area contributed by atoms with Gasteiger partial charge in [0.15, 0.2) is 0 Å². The maximum atomic E-state index is 12.2. The van der Waals surface area contributed by atoms with Crippen molar-refractivity contribution in [2.45, 2.75) is 58.9 Å². The standard InChI is InChI=1S/C20H31N3O2/c1-4-16(2)23(17(3)24)15-12-20(25)21-18-8-10-19(11-9-18)22-13-6-5-7-14-22/h8-11,16H,4-7,12-15H2,1-3H3,(H,21,25). The van der Waals surface area contributed by atoms with Gasteiger partial charge in [-0.1, -0.05) is 6.92 Å². The van der Waals surface area contributed by atoms with Gasteiger partial charge in [-0.25, -0.2) is 0 Å². The molecule has 138 valence electrons. The van der Waals surface area contributed by atoms with Crippen LogP contribution in [0, 0.1) is 0 Å². The molecule has 2 amide bonds. The smallest absolute Gasteiger partial charge is 0.226 e. The molecule has 1 atom stereocenters. The summed E-state index contributed by atoms with van der Waals surface area (Å²) in [6.45, 7) is 8.30. The van der Waals surface area contributed by atoms with Gasteiger partial charge >= 0.3 is 0 Å². The number of rotatable bonds is 7. The van der Waals surface area contributed by atoms with E-state index in [0.29, 0.717) is 13.0 Å². The molecule has 0 spiro atoms. The van der Waals surface area contributed by atoms with Crippen LogP contribution in [0.5, 0.6) is 0 Å². The van der Waals surface area contributed by atoms with Crippen LogP contribution in [-0.2, 0) is 9.59 Å². The van der Waals surface area contributed by atoms with Crippen molar-refractivity contribution < 1.29 is 9.59 Å². The molecule has 0 radical (unpaired) electrons. The fraction of sp³-hybridized carbons (Fsp3) is 0.600. The number of nitrogens with one attached hydrogen (secondary N) is 1. The number of amides is 2. The van der Waals surface area contributed by atoms with Gasteiger partial charge < -0.3 is 15.1 Å². The zero-order valence-electron chi connectivity index (χ0n) is 15.8. The molecular formula is C20H31N3O2. The van der Waals surface area contributed by atoms with Crippen LogP contribution in [0.15, 0.2) is 24.3 Å². The van der Waals surface area contributed by atoms with Gasteiger partial charge in [0.05, 0.1) is 0 Å². The van der Waals surface area contributed by atoms with Crippen LogP contribution in [0.3, 0.4) is 0 Å². The topological polar surface area (TPSA) is 52.7 Å². The van der Waals surface area contributed by atoms with E-state index in [-0.39, 0.29) is 17.9 Å². The van der Waals surface area contributed by atoms with Crippen molar-refractivity contribution in [3.8, 4) is 0 Å². The second-order valence-electron chi connectivity index (χ2n) is 6.86. The number of benzene rings is 1. The quantitative estimate of drug-likeness (QED) is 0.820. The lowest BCUT2D eigenvalue weighted by atomic mass is 10.1. The van der Waals surface area contributed by atoms with Crippen molar-refractivity contribution in [3.63, 3.8) is 0 Å². The molecule has 1 aliphatic rings. The maximum Gasteiger partial charge on any atom is 0.226 e. The molecule has 5 nitrogen and oxygen atoms in total. The number of piperidine rings is 1.